The predicted octanol–water partition coefficient (Wildman–Crippen LogP) is 1.20. The number of benzene rings is 1. The minimum absolute atomic E-state index is 0.0106. The SMILES string of the molecule is O=C1NCc2cc([N+](=O)[O-])ccc2O1. The first-order valence-corrected chi connectivity index (χ1v) is 3.90. The lowest BCUT2D eigenvalue weighted by molar-refractivity contribution is -0.384. The Labute approximate surface area is 78.6 Å². The lowest BCUT2D eigenvalue weighted by Crippen LogP contribution is -2.31. The summed E-state index contributed by atoms with van der Waals surface area (Å²) in [6.45, 7) is 0.260. The van der Waals surface area contributed by atoms with Crippen molar-refractivity contribution >= 4 is 11.8 Å². The largest absolute Gasteiger partial charge is 0.412 e. The van der Waals surface area contributed by atoms with Gasteiger partial charge < -0.3 is 10.1 Å². The van der Waals surface area contributed by atoms with Gasteiger partial charge in [0.15, 0.2) is 0 Å². The molecule has 0 saturated heterocycles. The number of nitrogens with one attached hydrogen (secondary N) is 1. The fraction of sp³-hybridized carbons (Fsp3) is 0.125. The molecular formula is C8H6N2O4. The van der Waals surface area contributed by atoms with Gasteiger partial charge in [-0.2, -0.15) is 0 Å². The van der Waals surface area contributed by atoms with Gasteiger partial charge >= 0.3 is 6.09 Å². The quantitative estimate of drug-likeness (QED) is 0.537. The summed E-state index contributed by atoms with van der Waals surface area (Å²) >= 11 is 0. The van der Waals surface area contributed by atoms with Crippen molar-refractivity contribution in [1.29, 1.82) is 0 Å². The summed E-state index contributed by atoms with van der Waals surface area (Å²) in [4.78, 5) is 20.7. The van der Waals surface area contributed by atoms with E-state index in [1.54, 1.807) is 0 Å². The highest BCUT2D eigenvalue weighted by molar-refractivity contribution is 5.73. The molecule has 1 aliphatic heterocycles. The zero-order valence-corrected chi connectivity index (χ0v) is 7.02. The monoisotopic (exact) mass is 194 g/mol. The van der Waals surface area contributed by atoms with E-state index in [4.69, 9.17) is 4.74 Å². The van der Waals surface area contributed by atoms with Gasteiger partial charge in [-0.1, -0.05) is 0 Å². The Morgan fingerprint density at radius 3 is 3.00 bits per heavy atom. The predicted molar refractivity (Wildman–Crippen MR) is 46.0 cm³/mol. The lowest BCUT2D eigenvalue weighted by atomic mass is 10.1. The molecular weight excluding hydrogens is 188 g/mol. The van der Waals surface area contributed by atoms with Gasteiger partial charge in [0.2, 0.25) is 0 Å². The number of hydrogen-bond acceptors (Lipinski definition) is 4. The van der Waals surface area contributed by atoms with E-state index in [9.17, 15) is 14.9 Å². The summed E-state index contributed by atoms with van der Waals surface area (Å²) in [5.74, 6) is 0.374. The summed E-state index contributed by atoms with van der Waals surface area (Å²) in [7, 11) is 0. The van der Waals surface area contributed by atoms with E-state index in [1.165, 1.54) is 18.2 Å². The molecule has 72 valence electrons. The maximum absolute atomic E-state index is 10.8. The smallest absolute Gasteiger partial charge is 0.410 e. The molecule has 0 atom stereocenters. The van der Waals surface area contributed by atoms with Crippen LogP contribution in [0, 0.1) is 10.1 Å². The second kappa shape index (κ2) is 2.99. The van der Waals surface area contributed by atoms with Crippen LogP contribution in [0.5, 0.6) is 5.75 Å². The Morgan fingerprint density at radius 2 is 2.29 bits per heavy atom. The van der Waals surface area contributed by atoms with Crippen LogP contribution in [0.15, 0.2) is 18.2 Å². The van der Waals surface area contributed by atoms with E-state index < -0.39 is 11.0 Å². The minimum Gasteiger partial charge on any atom is -0.410 e. The molecule has 0 radical (unpaired) electrons. The number of fused-ring (bicyclic) bond motifs is 1. The van der Waals surface area contributed by atoms with Crippen LogP contribution in [-0.2, 0) is 6.54 Å². The molecule has 0 saturated carbocycles. The fourth-order valence-corrected chi connectivity index (χ4v) is 1.22. The maximum atomic E-state index is 10.8. The third kappa shape index (κ3) is 1.37. The molecule has 2 rings (SSSR count). The molecule has 0 fully saturated rings. The summed E-state index contributed by atoms with van der Waals surface area (Å²) in [6.07, 6.45) is -0.536. The third-order valence-electron chi connectivity index (χ3n) is 1.88. The van der Waals surface area contributed by atoms with Crippen molar-refractivity contribution in [2.45, 2.75) is 6.54 Å². The van der Waals surface area contributed by atoms with Gasteiger partial charge in [0, 0.05) is 17.7 Å². The zero-order valence-electron chi connectivity index (χ0n) is 7.02. The van der Waals surface area contributed by atoms with E-state index in [-0.39, 0.29) is 12.2 Å². The van der Waals surface area contributed by atoms with Crippen molar-refractivity contribution in [1.82, 2.24) is 5.32 Å². The molecule has 0 aromatic heterocycles. The number of nitro benzene ring substituents is 1. The maximum Gasteiger partial charge on any atom is 0.412 e. The van der Waals surface area contributed by atoms with Gasteiger partial charge in [0.25, 0.3) is 5.69 Å². The second-order valence-electron chi connectivity index (χ2n) is 2.79. The number of carbonyl (C=O) groups excluding carboxylic acids is 1. The van der Waals surface area contributed by atoms with E-state index in [1.807, 2.05) is 0 Å². The highest BCUT2D eigenvalue weighted by Gasteiger charge is 2.18. The van der Waals surface area contributed by atoms with Crippen molar-refractivity contribution < 1.29 is 14.5 Å². The van der Waals surface area contributed by atoms with Crippen LogP contribution in [0.25, 0.3) is 0 Å². The summed E-state index contributed by atoms with van der Waals surface area (Å²) in [6, 6.07) is 4.11. The molecule has 6 heteroatoms. The van der Waals surface area contributed by atoms with Gasteiger partial charge in [0.05, 0.1) is 11.5 Å². The number of hydrogen-bond donors (Lipinski definition) is 1. The molecule has 0 aliphatic carbocycles. The molecule has 1 aromatic carbocycles. The normalized spacial score (nSPS) is 13.9. The van der Waals surface area contributed by atoms with E-state index in [0.717, 1.165) is 0 Å². The Bertz CT molecular complexity index is 416. The summed E-state index contributed by atoms with van der Waals surface area (Å²) in [5.41, 5.74) is 0.599. The number of rotatable bonds is 1. The number of amides is 1. The lowest BCUT2D eigenvalue weighted by Gasteiger charge is -2.15. The standard InChI is InChI=1S/C8H6N2O4/c11-8-9-4-5-3-6(10(12)13)1-2-7(5)14-8/h1-3H,4H2,(H,9,11). The Kier molecular flexibility index (Phi) is 1.81. The first-order chi connectivity index (χ1) is 6.66. The fourth-order valence-electron chi connectivity index (χ4n) is 1.22. The molecule has 0 bridgehead atoms. The van der Waals surface area contributed by atoms with Crippen LogP contribution in [0.1, 0.15) is 5.56 Å². The van der Waals surface area contributed by atoms with E-state index in [2.05, 4.69) is 5.32 Å². The van der Waals surface area contributed by atoms with Gasteiger partial charge in [-0.25, -0.2) is 4.79 Å². The number of carbonyl (C=O) groups is 1. The van der Waals surface area contributed by atoms with Gasteiger partial charge in [-0.15, -0.1) is 0 Å². The summed E-state index contributed by atoms with van der Waals surface area (Å²) in [5, 5.41) is 12.8. The van der Waals surface area contributed by atoms with Crippen LogP contribution in [0.2, 0.25) is 0 Å². The number of nitro groups is 1. The molecule has 1 amide bonds. The molecule has 6 nitrogen and oxygen atoms in total. The first-order valence-electron chi connectivity index (χ1n) is 3.90. The Balaban J connectivity index is 2.41. The molecule has 14 heavy (non-hydrogen) atoms. The first kappa shape index (κ1) is 8.49. The van der Waals surface area contributed by atoms with Crippen molar-refractivity contribution in [2.24, 2.45) is 0 Å². The third-order valence-corrected chi connectivity index (χ3v) is 1.88. The van der Waals surface area contributed by atoms with Crippen LogP contribution in [0.4, 0.5) is 10.5 Å². The molecule has 1 N–H and O–H groups in total. The molecule has 0 unspecified atom stereocenters. The van der Waals surface area contributed by atoms with Crippen molar-refractivity contribution in [3.8, 4) is 5.75 Å². The number of ether oxygens (including phenoxy) is 1. The average Bonchev–Trinajstić information content (AvgIpc) is 2.16. The van der Waals surface area contributed by atoms with Gasteiger partial charge in [-0.3, -0.25) is 10.1 Å². The van der Waals surface area contributed by atoms with E-state index in [0.29, 0.717) is 11.3 Å². The van der Waals surface area contributed by atoms with Crippen LogP contribution >= 0.6 is 0 Å². The van der Waals surface area contributed by atoms with Crippen LogP contribution in [0.3, 0.4) is 0 Å². The van der Waals surface area contributed by atoms with Crippen molar-refractivity contribution in [3.63, 3.8) is 0 Å². The number of nitrogens with zero attached hydrogens (tertiary/aromatic N) is 1. The zero-order chi connectivity index (χ0) is 10.1. The van der Waals surface area contributed by atoms with E-state index >= 15 is 0 Å². The van der Waals surface area contributed by atoms with Crippen molar-refractivity contribution in [3.05, 3.63) is 33.9 Å². The molecule has 1 heterocycles. The molecule has 0 spiro atoms. The topological polar surface area (TPSA) is 81.5 Å². The highest BCUT2D eigenvalue weighted by atomic mass is 16.6. The van der Waals surface area contributed by atoms with Gasteiger partial charge in [0.1, 0.15) is 5.75 Å². The van der Waals surface area contributed by atoms with Crippen LogP contribution < -0.4 is 10.1 Å². The number of non-ortho nitro benzene ring substituents is 1. The molecule has 1 aliphatic rings. The average molecular weight is 194 g/mol. The Morgan fingerprint density at radius 1 is 1.50 bits per heavy atom. The second-order valence-corrected chi connectivity index (χ2v) is 2.79. The van der Waals surface area contributed by atoms with Crippen molar-refractivity contribution in [2.75, 3.05) is 0 Å². The minimum atomic E-state index is -0.536. The van der Waals surface area contributed by atoms with Crippen LogP contribution in [-0.4, -0.2) is 11.0 Å². The molecule has 1 aromatic rings. The Hall–Kier alpha value is -2.11. The highest BCUT2D eigenvalue weighted by Crippen LogP contribution is 2.26. The summed E-state index contributed by atoms with van der Waals surface area (Å²) < 4.78 is 4.79. The van der Waals surface area contributed by atoms with Gasteiger partial charge in [-0.05, 0) is 6.07 Å².